The monoisotopic (exact) mass is 229 g/mol. The van der Waals surface area contributed by atoms with Crippen LogP contribution in [0.25, 0.3) is 0 Å². The summed E-state index contributed by atoms with van der Waals surface area (Å²) in [6, 6.07) is 5.36. The topological polar surface area (TPSA) is 46.2 Å². The third-order valence-corrected chi connectivity index (χ3v) is 3.04. The van der Waals surface area contributed by atoms with Crippen LogP contribution in [0.3, 0.4) is 0 Å². The maximum Gasteiger partial charge on any atom is 0.216 e. The van der Waals surface area contributed by atoms with Crippen LogP contribution in [0.5, 0.6) is 0 Å². The molecule has 1 N–H and O–H groups in total. The molecule has 15 heavy (non-hydrogen) atoms. The molecule has 1 rings (SSSR count). The van der Waals surface area contributed by atoms with Crippen molar-refractivity contribution >= 4 is 10.0 Å². The minimum Gasteiger partial charge on any atom is -0.212 e. The molecule has 0 aliphatic rings. The van der Waals surface area contributed by atoms with E-state index >= 15 is 0 Å². The van der Waals surface area contributed by atoms with Crippen molar-refractivity contribution in [1.82, 2.24) is 4.72 Å². The normalized spacial score (nSPS) is 11.3. The molecular weight excluding hydrogens is 217 g/mol. The minimum absolute atomic E-state index is 0.152. The summed E-state index contributed by atoms with van der Waals surface area (Å²) in [5.74, 6) is -0.531. The molecule has 0 bridgehead atoms. The molecule has 5 heteroatoms. The van der Waals surface area contributed by atoms with Crippen molar-refractivity contribution in [1.29, 1.82) is 0 Å². The van der Waals surface area contributed by atoms with Crippen LogP contribution in [-0.4, -0.2) is 15.0 Å². The molecule has 0 amide bonds. The molecule has 82 valence electrons. The number of benzene rings is 1. The number of sulfonamides is 1. The maximum atomic E-state index is 12.5. The van der Waals surface area contributed by atoms with Crippen molar-refractivity contribution in [3.8, 4) is 0 Å². The Morgan fingerprint density at radius 2 is 1.93 bits per heavy atom. The SMILES string of the molecule is C=CCNS(=O)(=O)Cc1ccc(F)cc1. The predicted octanol–water partition coefficient (Wildman–Crippen LogP) is 1.43. The van der Waals surface area contributed by atoms with Gasteiger partial charge in [-0.3, -0.25) is 0 Å². The molecule has 0 saturated heterocycles. The van der Waals surface area contributed by atoms with Crippen molar-refractivity contribution in [2.45, 2.75) is 5.75 Å². The molecule has 3 nitrogen and oxygen atoms in total. The van der Waals surface area contributed by atoms with Gasteiger partial charge in [-0.2, -0.15) is 0 Å². The molecule has 1 aromatic carbocycles. The first-order valence-corrected chi connectivity index (χ1v) is 6.01. The number of rotatable bonds is 5. The van der Waals surface area contributed by atoms with Gasteiger partial charge >= 0.3 is 0 Å². The van der Waals surface area contributed by atoms with Gasteiger partial charge in [0.2, 0.25) is 10.0 Å². The van der Waals surface area contributed by atoms with Gasteiger partial charge in [0.05, 0.1) is 5.75 Å². The summed E-state index contributed by atoms with van der Waals surface area (Å²) < 4.78 is 37.7. The zero-order valence-electron chi connectivity index (χ0n) is 8.11. The molecule has 0 atom stereocenters. The first-order chi connectivity index (χ1) is 7.03. The molecule has 0 aromatic heterocycles. The molecule has 0 aliphatic carbocycles. The summed E-state index contributed by atoms with van der Waals surface area (Å²) in [7, 11) is -3.35. The molecule has 1 aromatic rings. The van der Waals surface area contributed by atoms with Gasteiger partial charge in [-0.1, -0.05) is 18.2 Å². The van der Waals surface area contributed by atoms with Gasteiger partial charge in [-0.15, -0.1) is 6.58 Å². The molecule has 0 radical (unpaired) electrons. The van der Waals surface area contributed by atoms with Crippen LogP contribution < -0.4 is 4.72 Å². The third-order valence-electron chi connectivity index (χ3n) is 1.72. The van der Waals surface area contributed by atoms with E-state index in [1.807, 2.05) is 0 Å². The van der Waals surface area contributed by atoms with Crippen LogP contribution in [0, 0.1) is 5.82 Å². The highest BCUT2D eigenvalue weighted by molar-refractivity contribution is 7.88. The maximum absolute atomic E-state index is 12.5. The number of hydrogen-bond donors (Lipinski definition) is 1. The molecule has 0 saturated carbocycles. The smallest absolute Gasteiger partial charge is 0.212 e. The van der Waals surface area contributed by atoms with Gasteiger partial charge in [0.25, 0.3) is 0 Å². The van der Waals surface area contributed by atoms with Gasteiger partial charge in [-0.05, 0) is 17.7 Å². The van der Waals surface area contributed by atoms with E-state index in [2.05, 4.69) is 11.3 Å². The van der Waals surface area contributed by atoms with Gasteiger partial charge < -0.3 is 0 Å². The number of hydrogen-bond acceptors (Lipinski definition) is 2. The van der Waals surface area contributed by atoms with E-state index in [-0.39, 0.29) is 18.1 Å². The molecule has 0 heterocycles. The molecule has 0 unspecified atom stereocenters. The highest BCUT2D eigenvalue weighted by atomic mass is 32.2. The lowest BCUT2D eigenvalue weighted by Gasteiger charge is -2.04. The van der Waals surface area contributed by atoms with Gasteiger partial charge in [-0.25, -0.2) is 17.5 Å². The lowest BCUT2D eigenvalue weighted by Crippen LogP contribution is -2.25. The summed E-state index contributed by atoms with van der Waals surface area (Å²) in [5, 5.41) is 0. The largest absolute Gasteiger partial charge is 0.216 e. The molecule has 0 fully saturated rings. The van der Waals surface area contributed by atoms with E-state index in [0.29, 0.717) is 5.56 Å². The number of halogens is 1. The van der Waals surface area contributed by atoms with Crippen LogP contribution in [0.1, 0.15) is 5.56 Å². The van der Waals surface area contributed by atoms with Crippen molar-refractivity contribution in [2.75, 3.05) is 6.54 Å². The fourth-order valence-electron chi connectivity index (χ4n) is 1.04. The Balaban J connectivity index is 2.69. The van der Waals surface area contributed by atoms with Gasteiger partial charge in [0.1, 0.15) is 5.82 Å². The summed E-state index contributed by atoms with van der Waals surface area (Å²) in [6.45, 7) is 3.60. The lowest BCUT2D eigenvalue weighted by molar-refractivity contribution is 0.584. The van der Waals surface area contributed by atoms with Crippen LogP contribution in [0.2, 0.25) is 0 Å². The molecular formula is C10H12FNO2S. The van der Waals surface area contributed by atoms with Crippen molar-refractivity contribution in [3.05, 3.63) is 48.3 Å². The van der Waals surface area contributed by atoms with Gasteiger partial charge in [0, 0.05) is 6.54 Å². The fourth-order valence-corrected chi connectivity index (χ4v) is 2.14. The summed E-state index contributed by atoms with van der Waals surface area (Å²) in [6.07, 6.45) is 1.46. The molecule has 0 spiro atoms. The second-order valence-electron chi connectivity index (χ2n) is 3.02. The van der Waals surface area contributed by atoms with E-state index in [9.17, 15) is 12.8 Å². The second kappa shape index (κ2) is 5.04. The number of nitrogens with one attached hydrogen (secondary N) is 1. The standard InChI is InChI=1S/C10H12FNO2S/c1-2-7-12-15(13,14)8-9-3-5-10(11)6-4-9/h2-6,12H,1,7-8H2. The summed E-state index contributed by atoms with van der Waals surface area (Å²) >= 11 is 0. The average Bonchev–Trinajstić information content (AvgIpc) is 2.18. The quantitative estimate of drug-likeness (QED) is 0.776. The van der Waals surface area contributed by atoms with E-state index in [4.69, 9.17) is 0 Å². The Hall–Kier alpha value is -1.20. The van der Waals surface area contributed by atoms with Crippen LogP contribution in [-0.2, 0) is 15.8 Å². The Labute approximate surface area is 88.7 Å². The lowest BCUT2D eigenvalue weighted by atomic mass is 10.2. The van der Waals surface area contributed by atoms with Crippen molar-refractivity contribution < 1.29 is 12.8 Å². The highest BCUT2D eigenvalue weighted by Crippen LogP contribution is 2.06. The minimum atomic E-state index is -3.35. The fraction of sp³-hybridized carbons (Fsp3) is 0.200. The van der Waals surface area contributed by atoms with Crippen LogP contribution >= 0.6 is 0 Å². The Kier molecular flexibility index (Phi) is 3.99. The van der Waals surface area contributed by atoms with Gasteiger partial charge in [0.15, 0.2) is 0 Å². The van der Waals surface area contributed by atoms with E-state index in [0.717, 1.165) is 0 Å². The zero-order valence-corrected chi connectivity index (χ0v) is 8.93. The Bertz CT molecular complexity index is 425. The van der Waals surface area contributed by atoms with E-state index in [1.165, 1.54) is 30.3 Å². The van der Waals surface area contributed by atoms with E-state index in [1.54, 1.807) is 0 Å². The Morgan fingerprint density at radius 3 is 2.47 bits per heavy atom. The first kappa shape index (κ1) is 11.9. The highest BCUT2D eigenvalue weighted by Gasteiger charge is 2.09. The average molecular weight is 229 g/mol. The molecule has 0 aliphatic heterocycles. The third kappa shape index (κ3) is 4.22. The Morgan fingerprint density at radius 1 is 1.33 bits per heavy atom. The summed E-state index contributed by atoms with van der Waals surface area (Å²) in [4.78, 5) is 0. The van der Waals surface area contributed by atoms with Crippen LogP contribution in [0.15, 0.2) is 36.9 Å². The van der Waals surface area contributed by atoms with Crippen molar-refractivity contribution in [3.63, 3.8) is 0 Å². The summed E-state index contributed by atoms with van der Waals surface area (Å²) in [5.41, 5.74) is 0.549. The predicted molar refractivity (Wildman–Crippen MR) is 57.2 cm³/mol. The van der Waals surface area contributed by atoms with E-state index < -0.39 is 10.0 Å². The second-order valence-corrected chi connectivity index (χ2v) is 4.83. The first-order valence-electron chi connectivity index (χ1n) is 4.36. The van der Waals surface area contributed by atoms with Crippen molar-refractivity contribution in [2.24, 2.45) is 0 Å². The zero-order chi connectivity index (χ0) is 11.3. The van der Waals surface area contributed by atoms with Crippen LogP contribution in [0.4, 0.5) is 4.39 Å².